The highest BCUT2D eigenvalue weighted by molar-refractivity contribution is 7.91. The summed E-state index contributed by atoms with van der Waals surface area (Å²) in [6, 6.07) is 5.95. The zero-order valence-electron chi connectivity index (χ0n) is 11.4. The average Bonchev–Trinajstić information content (AvgIpc) is 2.36. The van der Waals surface area contributed by atoms with E-state index in [0.29, 0.717) is 0 Å². The minimum atomic E-state index is -4.21. The summed E-state index contributed by atoms with van der Waals surface area (Å²) in [6.45, 7) is 3.15. The number of hydrogen-bond acceptors (Lipinski definition) is 6. The Bertz CT molecular complexity index is 642. The van der Waals surface area contributed by atoms with E-state index in [1.807, 2.05) is 0 Å². The molecule has 0 bridgehead atoms. The van der Waals surface area contributed by atoms with Crippen LogP contribution in [0.3, 0.4) is 0 Å². The van der Waals surface area contributed by atoms with Crippen molar-refractivity contribution < 1.29 is 23.2 Å². The number of nitrogens with two attached hydrogens (primary N) is 1. The van der Waals surface area contributed by atoms with E-state index in [-0.39, 0.29) is 17.1 Å². The van der Waals surface area contributed by atoms with Crippen LogP contribution in [0.5, 0.6) is 0 Å². The molecule has 10 heteroatoms. The van der Waals surface area contributed by atoms with Gasteiger partial charge in [0.2, 0.25) is 0 Å². The molecule has 1 rings (SSSR count). The minimum Gasteiger partial charge on any atom is -0.446 e. The van der Waals surface area contributed by atoms with Gasteiger partial charge in [0, 0.05) is 5.56 Å². The number of nitrogens with one attached hydrogen (secondary N) is 2. The van der Waals surface area contributed by atoms with Gasteiger partial charge in [0.25, 0.3) is 0 Å². The number of nitrogens with zero attached hydrogens (tertiary/aromatic N) is 1. The van der Waals surface area contributed by atoms with Crippen molar-refractivity contribution >= 4 is 27.8 Å². The van der Waals surface area contributed by atoms with E-state index in [4.69, 9.17) is 10.9 Å². The smallest absolute Gasteiger partial charge is 0.422 e. The van der Waals surface area contributed by atoms with Crippen molar-refractivity contribution in [2.75, 3.05) is 4.72 Å². The normalized spacial score (nSPS) is 12.0. The maximum atomic E-state index is 11.8. The molecule has 0 aliphatic rings. The summed E-state index contributed by atoms with van der Waals surface area (Å²) in [5.74, 6) is -0.280. The molecule has 5 N–H and O–H groups in total. The fraction of sp³-hybridized carbons (Fsp3) is 0.273. The molecule has 21 heavy (non-hydrogen) atoms. The highest BCUT2D eigenvalue weighted by Crippen LogP contribution is 2.15. The van der Waals surface area contributed by atoms with Crippen molar-refractivity contribution in [2.45, 2.75) is 20.0 Å². The first-order valence-electron chi connectivity index (χ1n) is 5.83. The third-order valence-electron chi connectivity index (χ3n) is 2.12. The van der Waals surface area contributed by atoms with Gasteiger partial charge in [0.15, 0.2) is 5.84 Å². The lowest BCUT2D eigenvalue weighted by Crippen LogP contribution is -2.37. The lowest BCUT2D eigenvalue weighted by Gasteiger charge is -2.13. The van der Waals surface area contributed by atoms with Gasteiger partial charge in [0.05, 0.1) is 11.8 Å². The molecule has 0 aliphatic carbocycles. The topological polar surface area (TPSA) is 143 Å². The number of carbonyl (C=O) groups is 1. The summed E-state index contributed by atoms with van der Waals surface area (Å²) in [7, 11) is -4.21. The molecule has 1 aromatic rings. The van der Waals surface area contributed by atoms with Crippen molar-refractivity contribution in [1.29, 1.82) is 0 Å². The number of carbonyl (C=O) groups excluding carboxylic acids is 1. The maximum Gasteiger partial charge on any atom is 0.422 e. The zero-order valence-corrected chi connectivity index (χ0v) is 12.2. The van der Waals surface area contributed by atoms with Crippen molar-refractivity contribution in [3.8, 4) is 0 Å². The molecular weight excluding hydrogens is 300 g/mol. The van der Waals surface area contributed by atoms with Crippen LogP contribution in [-0.4, -0.2) is 31.7 Å². The van der Waals surface area contributed by atoms with E-state index < -0.39 is 22.4 Å². The van der Waals surface area contributed by atoms with Gasteiger partial charge in [-0.05, 0) is 26.0 Å². The number of para-hydroxylation sites is 1. The van der Waals surface area contributed by atoms with Crippen LogP contribution in [0.2, 0.25) is 0 Å². The second kappa shape index (κ2) is 6.79. The third kappa shape index (κ3) is 5.18. The summed E-state index contributed by atoms with van der Waals surface area (Å²) >= 11 is 0. The van der Waals surface area contributed by atoms with Crippen molar-refractivity contribution in [3.05, 3.63) is 29.8 Å². The monoisotopic (exact) mass is 316 g/mol. The quantitative estimate of drug-likeness (QED) is 0.271. The van der Waals surface area contributed by atoms with E-state index in [1.165, 1.54) is 12.1 Å². The molecule has 0 aliphatic heterocycles. The second-order valence-electron chi connectivity index (χ2n) is 4.19. The largest absolute Gasteiger partial charge is 0.446 e. The Kier molecular flexibility index (Phi) is 5.36. The molecule has 0 atom stereocenters. The van der Waals surface area contributed by atoms with E-state index in [9.17, 15) is 13.2 Å². The van der Waals surface area contributed by atoms with Crippen LogP contribution in [0.25, 0.3) is 0 Å². The van der Waals surface area contributed by atoms with Crippen LogP contribution < -0.4 is 15.2 Å². The van der Waals surface area contributed by atoms with Crippen LogP contribution in [0.4, 0.5) is 10.5 Å². The van der Waals surface area contributed by atoms with Crippen molar-refractivity contribution in [3.63, 3.8) is 0 Å². The number of rotatable bonds is 5. The number of amidine groups is 1. The first-order chi connectivity index (χ1) is 9.75. The van der Waals surface area contributed by atoms with Crippen molar-refractivity contribution in [2.24, 2.45) is 10.9 Å². The van der Waals surface area contributed by atoms with Gasteiger partial charge < -0.3 is 15.7 Å². The summed E-state index contributed by atoms with van der Waals surface area (Å²) in [5.41, 5.74) is 5.63. The molecule has 9 nitrogen and oxygen atoms in total. The second-order valence-corrected chi connectivity index (χ2v) is 5.61. The Morgan fingerprint density at radius 2 is 2.00 bits per heavy atom. The number of oxime groups is 1. The highest BCUT2D eigenvalue weighted by Gasteiger charge is 2.18. The summed E-state index contributed by atoms with van der Waals surface area (Å²) in [6.07, 6.45) is -1.58. The van der Waals surface area contributed by atoms with Crippen LogP contribution in [0, 0.1) is 0 Å². The number of benzene rings is 1. The van der Waals surface area contributed by atoms with E-state index in [1.54, 1.807) is 30.7 Å². The van der Waals surface area contributed by atoms with Gasteiger partial charge in [-0.3, -0.25) is 4.72 Å². The SMILES string of the molecule is CC(C)OC(=O)NS(=O)(=O)Nc1ccccc1/C(N)=N/O. The molecule has 0 saturated heterocycles. The Morgan fingerprint density at radius 1 is 1.38 bits per heavy atom. The van der Waals surface area contributed by atoms with Gasteiger partial charge in [-0.1, -0.05) is 17.3 Å². The summed E-state index contributed by atoms with van der Waals surface area (Å²) < 4.78 is 32.0. The zero-order chi connectivity index (χ0) is 16.0. The van der Waals surface area contributed by atoms with Crippen LogP contribution in [0.15, 0.2) is 29.4 Å². The van der Waals surface area contributed by atoms with Crippen molar-refractivity contribution in [1.82, 2.24) is 4.72 Å². The van der Waals surface area contributed by atoms with Gasteiger partial charge >= 0.3 is 16.3 Å². The predicted molar refractivity (Wildman–Crippen MR) is 76.2 cm³/mol. The van der Waals surface area contributed by atoms with Crippen LogP contribution in [-0.2, 0) is 14.9 Å². The number of ether oxygens (including phenoxy) is 1. The molecule has 0 aromatic heterocycles. The summed E-state index contributed by atoms with van der Waals surface area (Å²) in [5, 5.41) is 11.4. The minimum absolute atomic E-state index is 0.0395. The lowest BCUT2D eigenvalue weighted by atomic mass is 10.2. The Morgan fingerprint density at radius 3 is 2.57 bits per heavy atom. The fourth-order valence-corrected chi connectivity index (χ4v) is 2.15. The van der Waals surface area contributed by atoms with Crippen LogP contribution >= 0.6 is 0 Å². The lowest BCUT2D eigenvalue weighted by molar-refractivity contribution is 0.121. The molecule has 1 amide bonds. The number of hydrogen-bond donors (Lipinski definition) is 4. The molecule has 0 unspecified atom stereocenters. The van der Waals surface area contributed by atoms with Gasteiger partial charge in [-0.25, -0.2) is 9.52 Å². The average molecular weight is 316 g/mol. The Hall–Kier alpha value is -2.49. The molecule has 0 heterocycles. The maximum absolute atomic E-state index is 11.8. The number of anilines is 1. The Balaban J connectivity index is 2.93. The van der Waals surface area contributed by atoms with E-state index >= 15 is 0 Å². The molecule has 0 fully saturated rings. The third-order valence-corrected chi connectivity index (χ3v) is 3.04. The molecular formula is C11H16N4O5S. The van der Waals surface area contributed by atoms with Gasteiger partial charge in [-0.15, -0.1) is 0 Å². The van der Waals surface area contributed by atoms with Crippen LogP contribution in [0.1, 0.15) is 19.4 Å². The van der Waals surface area contributed by atoms with E-state index in [2.05, 4.69) is 14.6 Å². The molecule has 1 aromatic carbocycles. The predicted octanol–water partition coefficient (Wildman–Crippen LogP) is 0.572. The Labute approximate surface area is 122 Å². The standard InChI is InChI=1S/C11H16N4O5S/c1-7(2)20-11(16)15-21(18,19)14-9-6-4-3-5-8(9)10(12)13-17/h3-7,14,17H,1-2H3,(H2,12,13)(H,15,16). The van der Waals surface area contributed by atoms with Gasteiger partial charge in [-0.2, -0.15) is 8.42 Å². The molecule has 116 valence electrons. The fourth-order valence-electron chi connectivity index (χ4n) is 1.37. The molecule has 0 radical (unpaired) electrons. The highest BCUT2D eigenvalue weighted by atomic mass is 32.2. The first kappa shape index (κ1) is 16.6. The molecule has 0 saturated carbocycles. The van der Waals surface area contributed by atoms with Gasteiger partial charge in [0.1, 0.15) is 0 Å². The summed E-state index contributed by atoms with van der Waals surface area (Å²) in [4.78, 5) is 11.3. The van der Waals surface area contributed by atoms with E-state index in [0.717, 1.165) is 0 Å². The molecule has 0 spiro atoms. The first-order valence-corrected chi connectivity index (χ1v) is 7.31. The number of amides is 1.